The minimum atomic E-state index is 0.852. The maximum Gasteiger partial charge on any atom is 0.123 e. The molecule has 0 aromatic heterocycles. The van der Waals surface area contributed by atoms with Crippen LogP contribution in [0, 0.1) is 0 Å². The molecule has 80 valence electrons. The maximum atomic E-state index is 5.69. The van der Waals surface area contributed by atoms with E-state index >= 15 is 0 Å². The van der Waals surface area contributed by atoms with Crippen LogP contribution in [0.2, 0.25) is 0 Å². The van der Waals surface area contributed by atoms with Gasteiger partial charge >= 0.3 is 0 Å². The molecule has 2 aromatic carbocycles. The summed E-state index contributed by atoms with van der Waals surface area (Å²) in [5.41, 5.74) is 3.96. The van der Waals surface area contributed by atoms with Crippen LogP contribution in [0.4, 0.5) is 0 Å². The number of fused-ring (bicyclic) bond motifs is 1. The van der Waals surface area contributed by atoms with Crippen molar-refractivity contribution in [3.63, 3.8) is 0 Å². The Balaban J connectivity index is 2.14. The molecule has 0 saturated carbocycles. The predicted octanol–water partition coefficient (Wildman–Crippen LogP) is 3.68. The Hall–Kier alpha value is -1.76. The van der Waals surface area contributed by atoms with Gasteiger partial charge in [-0.2, -0.15) is 0 Å². The van der Waals surface area contributed by atoms with E-state index in [0.717, 1.165) is 25.2 Å². The second kappa shape index (κ2) is 4.01. The zero-order valence-electron chi connectivity index (χ0n) is 9.15. The molecule has 0 amide bonds. The molecule has 0 aliphatic carbocycles. The van der Waals surface area contributed by atoms with Gasteiger partial charge in [0.25, 0.3) is 0 Å². The molecule has 1 nitrogen and oxygen atoms in total. The first-order valence-electron chi connectivity index (χ1n) is 5.75. The fourth-order valence-electron chi connectivity index (χ4n) is 2.28. The zero-order valence-corrected chi connectivity index (χ0v) is 9.15. The highest BCUT2D eigenvalue weighted by Crippen LogP contribution is 2.33. The van der Waals surface area contributed by atoms with E-state index in [2.05, 4.69) is 48.5 Å². The normalized spacial score (nSPS) is 14.0. The van der Waals surface area contributed by atoms with Crippen LogP contribution < -0.4 is 4.74 Å². The van der Waals surface area contributed by atoms with Gasteiger partial charge in [0.2, 0.25) is 0 Å². The molecule has 2 aromatic rings. The van der Waals surface area contributed by atoms with Crippen LogP contribution >= 0.6 is 0 Å². The van der Waals surface area contributed by atoms with Gasteiger partial charge in [0.05, 0.1) is 6.61 Å². The van der Waals surface area contributed by atoms with E-state index in [4.69, 9.17) is 4.74 Å². The first-order valence-corrected chi connectivity index (χ1v) is 5.75. The average molecular weight is 210 g/mol. The summed E-state index contributed by atoms with van der Waals surface area (Å²) in [6.45, 7) is 0.852. The monoisotopic (exact) mass is 210 g/mol. The third kappa shape index (κ3) is 1.58. The number of hydrogen-bond acceptors (Lipinski definition) is 1. The molecule has 16 heavy (non-hydrogen) atoms. The number of hydrogen-bond donors (Lipinski definition) is 0. The van der Waals surface area contributed by atoms with Gasteiger partial charge in [-0.15, -0.1) is 0 Å². The van der Waals surface area contributed by atoms with E-state index < -0.39 is 0 Å². The molecule has 1 heterocycles. The molecule has 0 spiro atoms. The third-order valence-electron chi connectivity index (χ3n) is 3.05. The molecule has 1 heteroatoms. The molecule has 1 aliphatic rings. The van der Waals surface area contributed by atoms with E-state index in [1.165, 1.54) is 16.7 Å². The van der Waals surface area contributed by atoms with E-state index in [9.17, 15) is 0 Å². The van der Waals surface area contributed by atoms with Gasteiger partial charge in [0, 0.05) is 5.56 Å². The molecular weight excluding hydrogens is 196 g/mol. The quantitative estimate of drug-likeness (QED) is 0.697. The van der Waals surface area contributed by atoms with E-state index in [1.54, 1.807) is 0 Å². The Kier molecular flexibility index (Phi) is 2.37. The van der Waals surface area contributed by atoms with Crippen molar-refractivity contribution >= 4 is 0 Å². The van der Waals surface area contributed by atoms with Crippen molar-refractivity contribution in [2.45, 2.75) is 12.8 Å². The van der Waals surface area contributed by atoms with Crippen molar-refractivity contribution < 1.29 is 4.74 Å². The second-order valence-corrected chi connectivity index (χ2v) is 4.10. The molecule has 1 aliphatic heterocycles. The summed E-state index contributed by atoms with van der Waals surface area (Å²) < 4.78 is 5.69. The van der Waals surface area contributed by atoms with Crippen LogP contribution in [0.25, 0.3) is 11.1 Å². The lowest BCUT2D eigenvalue weighted by atomic mass is 9.95. The van der Waals surface area contributed by atoms with E-state index in [1.807, 2.05) is 0 Å². The molecule has 0 unspecified atom stereocenters. The second-order valence-electron chi connectivity index (χ2n) is 4.10. The van der Waals surface area contributed by atoms with Gasteiger partial charge < -0.3 is 4.74 Å². The van der Waals surface area contributed by atoms with Crippen LogP contribution in [0.1, 0.15) is 12.0 Å². The fraction of sp³-hybridized carbons (Fsp3) is 0.200. The SMILES string of the molecule is c1ccc(-c2cccc3c2CCCO3)cc1. The summed E-state index contributed by atoms with van der Waals surface area (Å²) >= 11 is 0. The molecule has 3 rings (SSSR count). The first kappa shape index (κ1) is 9.46. The Morgan fingerprint density at radius 2 is 1.75 bits per heavy atom. The summed E-state index contributed by atoms with van der Waals surface area (Å²) in [4.78, 5) is 0. The average Bonchev–Trinajstić information content (AvgIpc) is 2.39. The van der Waals surface area contributed by atoms with Crippen LogP contribution in [0.5, 0.6) is 5.75 Å². The van der Waals surface area contributed by atoms with Crippen molar-refractivity contribution in [3.8, 4) is 16.9 Å². The fourth-order valence-corrected chi connectivity index (χ4v) is 2.28. The number of benzene rings is 2. The standard InChI is InChI=1S/C15H14O/c1-2-6-12(7-3-1)13-8-4-10-15-14(13)9-5-11-16-15/h1-4,6-8,10H,5,9,11H2. The number of rotatable bonds is 1. The summed E-state index contributed by atoms with van der Waals surface area (Å²) in [6, 6.07) is 16.9. The minimum absolute atomic E-state index is 0.852. The summed E-state index contributed by atoms with van der Waals surface area (Å²) in [6.07, 6.45) is 2.25. The van der Waals surface area contributed by atoms with Gasteiger partial charge in [0.15, 0.2) is 0 Å². The summed E-state index contributed by atoms with van der Waals surface area (Å²) in [5, 5.41) is 0. The lowest BCUT2D eigenvalue weighted by molar-refractivity contribution is 0.289. The lowest BCUT2D eigenvalue weighted by Crippen LogP contribution is -2.09. The summed E-state index contributed by atoms with van der Waals surface area (Å²) in [5.74, 6) is 1.06. The van der Waals surface area contributed by atoms with Crippen molar-refractivity contribution in [2.24, 2.45) is 0 Å². The lowest BCUT2D eigenvalue weighted by Gasteiger charge is -2.20. The van der Waals surface area contributed by atoms with Gasteiger partial charge in [-0.05, 0) is 30.0 Å². The highest BCUT2D eigenvalue weighted by Gasteiger charge is 2.14. The maximum absolute atomic E-state index is 5.69. The highest BCUT2D eigenvalue weighted by molar-refractivity contribution is 5.70. The Morgan fingerprint density at radius 1 is 0.875 bits per heavy atom. The molecule has 0 radical (unpaired) electrons. The Bertz CT molecular complexity index is 488. The minimum Gasteiger partial charge on any atom is -0.493 e. The Morgan fingerprint density at radius 3 is 2.62 bits per heavy atom. The molecule has 0 atom stereocenters. The van der Waals surface area contributed by atoms with Crippen molar-refractivity contribution in [1.29, 1.82) is 0 Å². The zero-order chi connectivity index (χ0) is 10.8. The smallest absolute Gasteiger partial charge is 0.123 e. The third-order valence-corrected chi connectivity index (χ3v) is 3.05. The first-order chi connectivity index (χ1) is 7.95. The van der Waals surface area contributed by atoms with E-state index in [0.29, 0.717) is 0 Å². The van der Waals surface area contributed by atoms with Crippen LogP contribution in [0.15, 0.2) is 48.5 Å². The largest absolute Gasteiger partial charge is 0.493 e. The highest BCUT2D eigenvalue weighted by atomic mass is 16.5. The van der Waals surface area contributed by atoms with Crippen molar-refractivity contribution in [3.05, 3.63) is 54.1 Å². The van der Waals surface area contributed by atoms with Gasteiger partial charge in [-0.3, -0.25) is 0 Å². The van der Waals surface area contributed by atoms with E-state index in [-0.39, 0.29) is 0 Å². The van der Waals surface area contributed by atoms with Crippen LogP contribution in [-0.2, 0) is 6.42 Å². The van der Waals surface area contributed by atoms with Crippen molar-refractivity contribution in [1.82, 2.24) is 0 Å². The predicted molar refractivity (Wildman–Crippen MR) is 65.7 cm³/mol. The van der Waals surface area contributed by atoms with Gasteiger partial charge in [-0.25, -0.2) is 0 Å². The molecule has 0 saturated heterocycles. The topological polar surface area (TPSA) is 9.23 Å². The molecule has 0 N–H and O–H groups in total. The Labute approximate surface area is 95.7 Å². The molecule has 0 fully saturated rings. The van der Waals surface area contributed by atoms with Crippen molar-refractivity contribution in [2.75, 3.05) is 6.61 Å². The van der Waals surface area contributed by atoms with Crippen LogP contribution in [0.3, 0.4) is 0 Å². The van der Waals surface area contributed by atoms with Gasteiger partial charge in [-0.1, -0.05) is 42.5 Å². The van der Waals surface area contributed by atoms with Gasteiger partial charge in [0.1, 0.15) is 5.75 Å². The summed E-state index contributed by atoms with van der Waals surface area (Å²) in [7, 11) is 0. The van der Waals surface area contributed by atoms with Crippen LogP contribution in [-0.4, -0.2) is 6.61 Å². The number of ether oxygens (including phenoxy) is 1. The molecular formula is C15H14O. The molecule has 0 bridgehead atoms.